The van der Waals surface area contributed by atoms with Crippen molar-refractivity contribution >= 4 is 17.2 Å². The summed E-state index contributed by atoms with van der Waals surface area (Å²) >= 11 is 0. The summed E-state index contributed by atoms with van der Waals surface area (Å²) in [6, 6.07) is 13.5. The second-order valence-corrected chi connectivity index (χ2v) is 6.23. The van der Waals surface area contributed by atoms with Gasteiger partial charge in [0.05, 0.1) is 24.1 Å². The van der Waals surface area contributed by atoms with Gasteiger partial charge >= 0.3 is 0 Å². The molecule has 27 heavy (non-hydrogen) atoms. The fourth-order valence-electron chi connectivity index (χ4n) is 2.80. The number of anilines is 1. The number of amides is 1. The van der Waals surface area contributed by atoms with Crippen LogP contribution < -0.4 is 10.1 Å². The molecule has 0 fully saturated rings. The van der Waals surface area contributed by atoms with Crippen LogP contribution in [0.15, 0.2) is 67.3 Å². The zero-order valence-electron chi connectivity index (χ0n) is 14.9. The lowest BCUT2D eigenvalue weighted by Gasteiger charge is -2.08. The maximum Gasteiger partial charge on any atom is 0.262 e. The SMILES string of the molecule is Cc1ccccc1OCC(=O)Nc1cnn(Cc2cn3ccccc3n2)c1. The Bertz CT molecular complexity index is 1050. The molecule has 1 aromatic carbocycles. The van der Waals surface area contributed by atoms with Crippen LogP contribution in [0.1, 0.15) is 11.3 Å². The monoisotopic (exact) mass is 361 g/mol. The quantitative estimate of drug-likeness (QED) is 0.573. The minimum absolute atomic E-state index is 0.0531. The van der Waals surface area contributed by atoms with Gasteiger partial charge < -0.3 is 14.5 Å². The number of aryl methyl sites for hydroxylation is 1. The molecule has 4 aromatic rings. The number of fused-ring (bicyclic) bond motifs is 1. The molecular weight excluding hydrogens is 342 g/mol. The number of para-hydroxylation sites is 1. The predicted molar refractivity (Wildman–Crippen MR) is 102 cm³/mol. The van der Waals surface area contributed by atoms with Gasteiger partial charge in [-0.15, -0.1) is 0 Å². The van der Waals surface area contributed by atoms with E-state index in [1.165, 1.54) is 0 Å². The average Bonchev–Trinajstić information content (AvgIpc) is 3.27. The molecule has 0 aliphatic carbocycles. The molecule has 0 bridgehead atoms. The van der Waals surface area contributed by atoms with Crippen molar-refractivity contribution in [2.75, 3.05) is 11.9 Å². The van der Waals surface area contributed by atoms with E-state index < -0.39 is 0 Å². The molecule has 7 nitrogen and oxygen atoms in total. The van der Waals surface area contributed by atoms with E-state index in [2.05, 4.69) is 15.4 Å². The second-order valence-electron chi connectivity index (χ2n) is 6.23. The first-order valence-corrected chi connectivity index (χ1v) is 8.61. The average molecular weight is 361 g/mol. The first kappa shape index (κ1) is 16.8. The van der Waals surface area contributed by atoms with Gasteiger partial charge in [-0.05, 0) is 30.7 Å². The summed E-state index contributed by atoms with van der Waals surface area (Å²) in [7, 11) is 0. The standard InChI is InChI=1S/C20H19N5O2/c1-15-6-2-3-7-18(15)27-14-20(26)23-16-10-21-25(12-16)13-17-11-24-9-5-4-8-19(24)22-17/h2-12H,13-14H2,1H3,(H,23,26). The number of imidazole rings is 1. The highest BCUT2D eigenvalue weighted by Gasteiger charge is 2.08. The summed E-state index contributed by atoms with van der Waals surface area (Å²) in [5.74, 6) is 0.473. The molecule has 0 aliphatic heterocycles. The Morgan fingerprint density at radius 3 is 2.85 bits per heavy atom. The van der Waals surface area contributed by atoms with Crippen molar-refractivity contribution in [3.8, 4) is 5.75 Å². The molecule has 0 unspecified atom stereocenters. The Balaban J connectivity index is 1.34. The van der Waals surface area contributed by atoms with Crippen molar-refractivity contribution in [2.24, 2.45) is 0 Å². The molecule has 1 N–H and O–H groups in total. The molecule has 3 heterocycles. The third-order valence-electron chi connectivity index (χ3n) is 4.11. The number of nitrogens with one attached hydrogen (secondary N) is 1. The highest BCUT2D eigenvalue weighted by Crippen LogP contribution is 2.16. The lowest BCUT2D eigenvalue weighted by molar-refractivity contribution is -0.118. The van der Waals surface area contributed by atoms with Crippen LogP contribution in [0, 0.1) is 6.92 Å². The number of benzene rings is 1. The van der Waals surface area contributed by atoms with Gasteiger partial charge in [0.15, 0.2) is 6.61 Å². The number of nitrogens with zero attached hydrogens (tertiary/aromatic N) is 4. The number of carbonyl (C=O) groups excluding carboxylic acids is 1. The predicted octanol–water partition coefficient (Wildman–Crippen LogP) is 2.91. The fraction of sp³-hybridized carbons (Fsp3) is 0.150. The second kappa shape index (κ2) is 7.33. The molecule has 4 rings (SSSR count). The number of aromatic nitrogens is 4. The molecule has 1 amide bonds. The molecule has 0 saturated heterocycles. The molecule has 136 valence electrons. The molecule has 0 saturated carbocycles. The van der Waals surface area contributed by atoms with Gasteiger partial charge in [0.25, 0.3) is 5.91 Å². The first-order chi connectivity index (χ1) is 13.2. The number of hydrogen-bond donors (Lipinski definition) is 1. The van der Waals surface area contributed by atoms with Crippen molar-refractivity contribution < 1.29 is 9.53 Å². The molecule has 0 atom stereocenters. The van der Waals surface area contributed by atoms with E-state index in [1.54, 1.807) is 17.1 Å². The first-order valence-electron chi connectivity index (χ1n) is 8.61. The van der Waals surface area contributed by atoms with Gasteiger partial charge in [0, 0.05) is 18.6 Å². The Kier molecular flexibility index (Phi) is 4.57. The van der Waals surface area contributed by atoms with Crippen LogP contribution in [0.4, 0.5) is 5.69 Å². The van der Waals surface area contributed by atoms with E-state index in [1.807, 2.05) is 66.2 Å². The molecule has 7 heteroatoms. The third kappa shape index (κ3) is 3.98. The van der Waals surface area contributed by atoms with Crippen LogP contribution in [0.2, 0.25) is 0 Å². The van der Waals surface area contributed by atoms with Crippen molar-refractivity contribution in [3.63, 3.8) is 0 Å². The Morgan fingerprint density at radius 1 is 1.15 bits per heavy atom. The highest BCUT2D eigenvalue weighted by molar-refractivity contribution is 5.91. The maximum absolute atomic E-state index is 12.1. The number of carbonyl (C=O) groups is 1. The van der Waals surface area contributed by atoms with Crippen molar-refractivity contribution in [2.45, 2.75) is 13.5 Å². The lowest BCUT2D eigenvalue weighted by atomic mass is 10.2. The van der Waals surface area contributed by atoms with Crippen molar-refractivity contribution in [3.05, 3.63) is 78.5 Å². The fourth-order valence-corrected chi connectivity index (χ4v) is 2.80. The third-order valence-corrected chi connectivity index (χ3v) is 4.11. The molecular formula is C20H19N5O2. The van der Waals surface area contributed by atoms with Crippen LogP contribution in [0.5, 0.6) is 5.75 Å². The summed E-state index contributed by atoms with van der Waals surface area (Å²) in [5.41, 5.74) is 3.40. The van der Waals surface area contributed by atoms with Crippen LogP contribution in [0.3, 0.4) is 0 Å². The van der Waals surface area contributed by atoms with E-state index in [4.69, 9.17) is 4.74 Å². The smallest absolute Gasteiger partial charge is 0.262 e. The summed E-state index contributed by atoms with van der Waals surface area (Å²) < 4.78 is 9.25. The molecule has 3 aromatic heterocycles. The summed E-state index contributed by atoms with van der Waals surface area (Å²) in [6.45, 7) is 2.41. The Morgan fingerprint density at radius 2 is 2.00 bits per heavy atom. The maximum atomic E-state index is 12.1. The van der Waals surface area contributed by atoms with E-state index in [-0.39, 0.29) is 12.5 Å². The number of rotatable bonds is 6. The normalized spacial score (nSPS) is 10.9. The van der Waals surface area contributed by atoms with Crippen LogP contribution in [-0.2, 0) is 11.3 Å². The number of hydrogen-bond acceptors (Lipinski definition) is 4. The number of ether oxygens (including phenoxy) is 1. The van der Waals surface area contributed by atoms with Gasteiger partial charge in [-0.1, -0.05) is 24.3 Å². The van der Waals surface area contributed by atoms with Crippen molar-refractivity contribution in [1.29, 1.82) is 0 Å². The summed E-state index contributed by atoms with van der Waals surface area (Å²) in [6.07, 6.45) is 7.30. The molecule has 0 radical (unpaired) electrons. The van der Waals surface area contributed by atoms with Gasteiger partial charge in [-0.25, -0.2) is 4.98 Å². The van der Waals surface area contributed by atoms with Crippen molar-refractivity contribution in [1.82, 2.24) is 19.2 Å². The van der Waals surface area contributed by atoms with Gasteiger partial charge in [-0.2, -0.15) is 5.10 Å². The van der Waals surface area contributed by atoms with E-state index in [0.717, 1.165) is 16.9 Å². The van der Waals surface area contributed by atoms with E-state index in [9.17, 15) is 4.79 Å². The van der Waals surface area contributed by atoms with Gasteiger partial charge in [0.1, 0.15) is 11.4 Å². The zero-order valence-corrected chi connectivity index (χ0v) is 14.9. The Hall–Kier alpha value is -3.61. The topological polar surface area (TPSA) is 73.5 Å². The van der Waals surface area contributed by atoms with Crippen LogP contribution in [0.25, 0.3) is 5.65 Å². The summed E-state index contributed by atoms with van der Waals surface area (Å²) in [5, 5.41) is 7.07. The Labute approximate surface area is 156 Å². The molecule has 0 aliphatic rings. The van der Waals surface area contributed by atoms with Gasteiger partial charge in [-0.3, -0.25) is 9.48 Å². The van der Waals surface area contributed by atoms with Crippen LogP contribution >= 0.6 is 0 Å². The lowest BCUT2D eigenvalue weighted by Crippen LogP contribution is -2.20. The van der Waals surface area contributed by atoms with Gasteiger partial charge in [0.2, 0.25) is 0 Å². The zero-order chi connectivity index (χ0) is 18.6. The minimum atomic E-state index is -0.231. The molecule has 0 spiro atoms. The largest absolute Gasteiger partial charge is 0.483 e. The minimum Gasteiger partial charge on any atom is -0.483 e. The van der Waals surface area contributed by atoms with Crippen LogP contribution in [-0.4, -0.2) is 31.7 Å². The highest BCUT2D eigenvalue weighted by atomic mass is 16.5. The van der Waals surface area contributed by atoms with E-state index in [0.29, 0.717) is 18.0 Å². The van der Waals surface area contributed by atoms with E-state index >= 15 is 0 Å². The number of pyridine rings is 1. The summed E-state index contributed by atoms with van der Waals surface area (Å²) in [4.78, 5) is 16.6.